The normalized spacial score (nSPS) is 10.2. The molecular weight excluding hydrogens is 252 g/mol. The molecule has 0 atom stereocenters. The van der Waals surface area contributed by atoms with E-state index in [9.17, 15) is 4.79 Å². The molecule has 6 heteroatoms. The van der Waals surface area contributed by atoms with Crippen molar-refractivity contribution in [1.29, 1.82) is 0 Å². The van der Waals surface area contributed by atoms with E-state index in [2.05, 4.69) is 20.3 Å². The van der Waals surface area contributed by atoms with Gasteiger partial charge in [0.15, 0.2) is 0 Å². The van der Waals surface area contributed by atoms with Gasteiger partial charge < -0.3 is 5.32 Å². The minimum Gasteiger partial charge on any atom is -0.311 e. The second-order valence-corrected chi connectivity index (χ2v) is 4.13. The molecule has 5 nitrogen and oxygen atoms in total. The van der Waals surface area contributed by atoms with Crippen LogP contribution >= 0.6 is 11.6 Å². The highest BCUT2D eigenvalue weighted by molar-refractivity contribution is 6.33. The number of aromatic nitrogens is 3. The lowest BCUT2D eigenvalue weighted by Gasteiger charge is -2.07. The number of hydrogen-bond acceptors (Lipinski definition) is 4. The van der Waals surface area contributed by atoms with Gasteiger partial charge in [0.2, 0.25) is 5.91 Å². The van der Waals surface area contributed by atoms with Crippen molar-refractivity contribution in [1.82, 2.24) is 15.0 Å². The van der Waals surface area contributed by atoms with Gasteiger partial charge >= 0.3 is 0 Å². The Morgan fingerprint density at radius 3 is 2.83 bits per heavy atom. The van der Waals surface area contributed by atoms with E-state index in [1.165, 1.54) is 6.92 Å². The first kappa shape index (κ1) is 12.4. The monoisotopic (exact) mass is 262 g/mol. The van der Waals surface area contributed by atoms with Crippen LogP contribution in [0.5, 0.6) is 0 Å². The molecule has 2 heterocycles. The lowest BCUT2D eigenvalue weighted by atomic mass is 10.2. The van der Waals surface area contributed by atoms with Crippen molar-refractivity contribution < 1.29 is 4.79 Å². The Hall–Kier alpha value is -2.01. The third-order valence-electron chi connectivity index (χ3n) is 2.19. The van der Waals surface area contributed by atoms with Crippen LogP contribution in [-0.2, 0) is 4.79 Å². The maximum absolute atomic E-state index is 11.0. The first-order valence-corrected chi connectivity index (χ1v) is 5.67. The molecule has 92 valence electrons. The standard InChI is InChI=1S/C12H11ClN4O/c1-7-15-11(5-12(16-7)17-8(2)18)9-6-14-4-3-10(9)13/h3-6H,1-2H3,(H,15,16,17,18). The molecule has 0 radical (unpaired) electrons. The molecule has 0 aliphatic carbocycles. The van der Waals surface area contributed by atoms with Crippen molar-refractivity contribution in [2.75, 3.05) is 5.32 Å². The number of hydrogen-bond donors (Lipinski definition) is 1. The average molecular weight is 263 g/mol. The van der Waals surface area contributed by atoms with Gasteiger partial charge in [-0.25, -0.2) is 9.97 Å². The first-order chi connectivity index (χ1) is 8.56. The maximum atomic E-state index is 11.0. The lowest BCUT2D eigenvalue weighted by molar-refractivity contribution is -0.114. The Bertz CT molecular complexity index is 600. The molecule has 0 saturated carbocycles. The molecule has 0 saturated heterocycles. The van der Waals surface area contributed by atoms with Gasteiger partial charge in [-0.2, -0.15) is 0 Å². The fourth-order valence-electron chi connectivity index (χ4n) is 1.52. The summed E-state index contributed by atoms with van der Waals surface area (Å²) in [5.41, 5.74) is 1.33. The summed E-state index contributed by atoms with van der Waals surface area (Å²) in [6, 6.07) is 3.35. The number of nitrogens with one attached hydrogen (secondary N) is 1. The summed E-state index contributed by atoms with van der Waals surface area (Å²) in [5, 5.41) is 3.17. The van der Waals surface area contributed by atoms with Gasteiger partial charge in [-0.1, -0.05) is 11.6 Å². The van der Waals surface area contributed by atoms with Crippen LogP contribution in [0.15, 0.2) is 24.5 Å². The summed E-state index contributed by atoms with van der Waals surface area (Å²) in [6.07, 6.45) is 3.23. The number of rotatable bonds is 2. The first-order valence-electron chi connectivity index (χ1n) is 5.29. The zero-order valence-corrected chi connectivity index (χ0v) is 10.7. The van der Waals surface area contributed by atoms with Crippen LogP contribution in [0.25, 0.3) is 11.3 Å². The summed E-state index contributed by atoms with van der Waals surface area (Å²) in [5.74, 6) is 0.817. The smallest absolute Gasteiger partial charge is 0.222 e. The molecule has 18 heavy (non-hydrogen) atoms. The van der Waals surface area contributed by atoms with Gasteiger partial charge in [0.1, 0.15) is 11.6 Å². The van der Waals surface area contributed by atoms with Gasteiger partial charge in [-0.05, 0) is 13.0 Å². The van der Waals surface area contributed by atoms with Crippen LogP contribution in [0, 0.1) is 6.92 Å². The van der Waals surface area contributed by atoms with E-state index in [0.29, 0.717) is 27.9 Å². The largest absolute Gasteiger partial charge is 0.311 e. The molecule has 2 aromatic rings. The summed E-state index contributed by atoms with van der Waals surface area (Å²) < 4.78 is 0. The molecular formula is C12H11ClN4O. The highest BCUT2D eigenvalue weighted by Crippen LogP contribution is 2.26. The topological polar surface area (TPSA) is 67.8 Å². The number of pyridine rings is 1. The van der Waals surface area contributed by atoms with Crippen LogP contribution in [0.4, 0.5) is 5.82 Å². The molecule has 0 bridgehead atoms. The number of carbonyl (C=O) groups is 1. The van der Waals surface area contributed by atoms with E-state index >= 15 is 0 Å². The lowest BCUT2D eigenvalue weighted by Crippen LogP contribution is -2.09. The fourth-order valence-corrected chi connectivity index (χ4v) is 1.72. The van der Waals surface area contributed by atoms with Crippen molar-refractivity contribution in [2.24, 2.45) is 0 Å². The fraction of sp³-hybridized carbons (Fsp3) is 0.167. The molecule has 0 aromatic carbocycles. The number of aryl methyl sites for hydroxylation is 1. The van der Waals surface area contributed by atoms with Crippen LogP contribution < -0.4 is 5.32 Å². The van der Waals surface area contributed by atoms with Gasteiger partial charge in [-0.15, -0.1) is 0 Å². The summed E-state index contributed by atoms with van der Waals surface area (Å²) in [6.45, 7) is 3.17. The molecule has 0 aliphatic rings. The molecule has 0 unspecified atom stereocenters. The van der Waals surface area contributed by atoms with E-state index in [-0.39, 0.29) is 5.91 Å². The predicted molar refractivity (Wildman–Crippen MR) is 69.3 cm³/mol. The van der Waals surface area contributed by atoms with Crippen LogP contribution in [0.1, 0.15) is 12.7 Å². The van der Waals surface area contributed by atoms with E-state index in [1.54, 1.807) is 31.5 Å². The third-order valence-corrected chi connectivity index (χ3v) is 2.52. The van der Waals surface area contributed by atoms with Crippen LogP contribution in [0.3, 0.4) is 0 Å². The second-order valence-electron chi connectivity index (χ2n) is 3.72. The van der Waals surface area contributed by atoms with E-state index in [0.717, 1.165) is 0 Å². The van der Waals surface area contributed by atoms with Gasteiger partial charge in [0.25, 0.3) is 0 Å². The molecule has 2 rings (SSSR count). The molecule has 2 aromatic heterocycles. The average Bonchev–Trinajstić information content (AvgIpc) is 2.27. The van der Waals surface area contributed by atoms with Gasteiger partial charge in [-0.3, -0.25) is 9.78 Å². The van der Waals surface area contributed by atoms with Crippen molar-refractivity contribution in [3.63, 3.8) is 0 Å². The predicted octanol–water partition coefficient (Wildman–Crippen LogP) is 2.46. The molecule has 0 aliphatic heterocycles. The number of carbonyl (C=O) groups excluding carboxylic acids is 1. The molecule has 0 spiro atoms. The minimum absolute atomic E-state index is 0.184. The Labute approximate surface area is 109 Å². The zero-order valence-electron chi connectivity index (χ0n) is 9.94. The quantitative estimate of drug-likeness (QED) is 0.903. The SMILES string of the molecule is CC(=O)Nc1cc(-c2cnccc2Cl)nc(C)n1. The second kappa shape index (κ2) is 5.10. The van der Waals surface area contributed by atoms with Crippen LogP contribution in [0.2, 0.25) is 5.02 Å². The minimum atomic E-state index is -0.184. The van der Waals surface area contributed by atoms with Crippen molar-refractivity contribution in [3.05, 3.63) is 35.4 Å². The Morgan fingerprint density at radius 1 is 1.39 bits per heavy atom. The summed E-state index contributed by atoms with van der Waals surface area (Å²) >= 11 is 6.08. The van der Waals surface area contributed by atoms with Gasteiger partial charge in [0.05, 0.1) is 10.7 Å². The number of halogens is 1. The van der Waals surface area contributed by atoms with Crippen molar-refractivity contribution >= 4 is 23.3 Å². The zero-order chi connectivity index (χ0) is 13.1. The highest BCUT2D eigenvalue weighted by Gasteiger charge is 2.08. The number of anilines is 1. The van der Waals surface area contributed by atoms with Crippen molar-refractivity contribution in [3.8, 4) is 11.3 Å². The van der Waals surface area contributed by atoms with Crippen molar-refractivity contribution in [2.45, 2.75) is 13.8 Å². The number of amides is 1. The maximum Gasteiger partial charge on any atom is 0.222 e. The summed E-state index contributed by atoms with van der Waals surface area (Å²) in [7, 11) is 0. The highest BCUT2D eigenvalue weighted by atomic mass is 35.5. The van der Waals surface area contributed by atoms with Gasteiger partial charge in [0, 0.05) is 30.9 Å². The van der Waals surface area contributed by atoms with E-state index in [4.69, 9.17) is 11.6 Å². The molecule has 1 N–H and O–H groups in total. The Balaban J connectivity index is 2.48. The third kappa shape index (κ3) is 2.81. The molecule has 1 amide bonds. The summed E-state index contributed by atoms with van der Waals surface area (Å²) in [4.78, 5) is 23.4. The van der Waals surface area contributed by atoms with E-state index < -0.39 is 0 Å². The van der Waals surface area contributed by atoms with E-state index in [1.807, 2.05) is 0 Å². The molecule has 0 fully saturated rings. The Morgan fingerprint density at radius 2 is 2.17 bits per heavy atom. The Kier molecular flexibility index (Phi) is 3.53. The number of nitrogens with zero attached hydrogens (tertiary/aromatic N) is 3. The van der Waals surface area contributed by atoms with Crippen LogP contribution in [-0.4, -0.2) is 20.9 Å².